The number of benzene rings is 2. The normalized spacial score (nSPS) is 15.8. The summed E-state index contributed by atoms with van der Waals surface area (Å²) >= 11 is 0. The molecule has 0 aliphatic carbocycles. The average molecular weight is 386 g/mol. The summed E-state index contributed by atoms with van der Waals surface area (Å²) in [6, 6.07) is 10.6. The van der Waals surface area contributed by atoms with Crippen molar-refractivity contribution in [1.29, 1.82) is 0 Å². The van der Waals surface area contributed by atoms with Gasteiger partial charge in [0, 0.05) is 11.8 Å². The highest BCUT2D eigenvalue weighted by Crippen LogP contribution is 2.28. The third-order valence-electron chi connectivity index (χ3n) is 4.48. The van der Waals surface area contributed by atoms with E-state index in [-0.39, 0.29) is 24.1 Å². The Morgan fingerprint density at radius 3 is 2.71 bits per heavy atom. The Morgan fingerprint density at radius 2 is 2.00 bits per heavy atom. The standard InChI is InChI=1S/C19H16F2N4O3/c1-27-13-5-2-11(3-6-13)17-9-25-16(10-28-17)18(23-24-25)19(26)22-12-4-7-14(20)15(21)8-12/h2-8,17H,9-10H2,1H3,(H,22,26)/t17-/m0/s1. The second-order valence-corrected chi connectivity index (χ2v) is 6.22. The number of halogens is 2. The fourth-order valence-electron chi connectivity index (χ4n) is 2.97. The van der Waals surface area contributed by atoms with Crippen molar-refractivity contribution in [3.8, 4) is 5.75 Å². The molecule has 1 atom stereocenters. The maximum atomic E-state index is 13.3. The van der Waals surface area contributed by atoms with Gasteiger partial charge in [0.2, 0.25) is 0 Å². The van der Waals surface area contributed by atoms with Crippen molar-refractivity contribution in [1.82, 2.24) is 15.0 Å². The number of fused-ring (bicyclic) bond motifs is 1. The first-order valence-electron chi connectivity index (χ1n) is 8.49. The number of hydrogen-bond donors (Lipinski definition) is 1. The van der Waals surface area contributed by atoms with Crippen LogP contribution < -0.4 is 10.1 Å². The van der Waals surface area contributed by atoms with Crippen LogP contribution >= 0.6 is 0 Å². The Hall–Kier alpha value is -3.33. The molecular formula is C19H16F2N4O3. The van der Waals surface area contributed by atoms with Crippen LogP contribution in [0.3, 0.4) is 0 Å². The van der Waals surface area contributed by atoms with E-state index in [1.54, 1.807) is 11.8 Å². The van der Waals surface area contributed by atoms with E-state index in [0.717, 1.165) is 23.4 Å². The predicted molar refractivity (Wildman–Crippen MR) is 94.9 cm³/mol. The molecule has 0 fully saturated rings. The Balaban J connectivity index is 1.49. The lowest BCUT2D eigenvalue weighted by molar-refractivity contribution is -0.00173. The minimum absolute atomic E-state index is 0.0814. The van der Waals surface area contributed by atoms with Crippen LogP contribution in [0.15, 0.2) is 42.5 Å². The predicted octanol–water partition coefficient (Wildman–Crippen LogP) is 3.09. The van der Waals surface area contributed by atoms with Crippen LogP contribution in [0, 0.1) is 11.6 Å². The van der Waals surface area contributed by atoms with Gasteiger partial charge in [0.1, 0.15) is 11.9 Å². The molecule has 7 nitrogen and oxygen atoms in total. The first kappa shape index (κ1) is 18.1. The number of rotatable bonds is 4. The van der Waals surface area contributed by atoms with Crippen LogP contribution in [-0.4, -0.2) is 28.0 Å². The third-order valence-corrected chi connectivity index (χ3v) is 4.48. The van der Waals surface area contributed by atoms with Crippen molar-refractivity contribution in [2.45, 2.75) is 19.3 Å². The van der Waals surface area contributed by atoms with E-state index in [1.165, 1.54) is 6.07 Å². The number of carbonyl (C=O) groups is 1. The molecule has 144 valence electrons. The highest BCUT2D eigenvalue weighted by molar-refractivity contribution is 6.03. The van der Waals surface area contributed by atoms with E-state index in [9.17, 15) is 13.6 Å². The first-order chi connectivity index (χ1) is 13.5. The number of hydrogen-bond acceptors (Lipinski definition) is 5. The van der Waals surface area contributed by atoms with Crippen LogP contribution in [-0.2, 0) is 17.9 Å². The minimum Gasteiger partial charge on any atom is -0.497 e. The molecule has 1 aromatic heterocycles. The van der Waals surface area contributed by atoms with Crippen LogP contribution in [0.4, 0.5) is 14.5 Å². The maximum Gasteiger partial charge on any atom is 0.278 e. The van der Waals surface area contributed by atoms with Gasteiger partial charge in [0.15, 0.2) is 17.3 Å². The van der Waals surface area contributed by atoms with E-state index >= 15 is 0 Å². The first-order valence-corrected chi connectivity index (χ1v) is 8.49. The number of amides is 1. The molecule has 28 heavy (non-hydrogen) atoms. The van der Waals surface area contributed by atoms with Gasteiger partial charge in [-0.05, 0) is 29.8 Å². The highest BCUT2D eigenvalue weighted by Gasteiger charge is 2.28. The molecular weight excluding hydrogens is 370 g/mol. The Bertz CT molecular complexity index is 1020. The van der Waals surface area contributed by atoms with Gasteiger partial charge in [-0.15, -0.1) is 5.10 Å². The molecule has 2 heterocycles. The zero-order valence-corrected chi connectivity index (χ0v) is 14.9. The second-order valence-electron chi connectivity index (χ2n) is 6.22. The molecule has 9 heteroatoms. The number of nitrogens with one attached hydrogen (secondary N) is 1. The monoisotopic (exact) mass is 386 g/mol. The van der Waals surface area contributed by atoms with Gasteiger partial charge in [-0.25, -0.2) is 13.5 Å². The molecule has 1 N–H and O–H groups in total. The van der Waals surface area contributed by atoms with E-state index in [4.69, 9.17) is 9.47 Å². The van der Waals surface area contributed by atoms with Crippen molar-refractivity contribution >= 4 is 11.6 Å². The number of anilines is 1. The number of aromatic nitrogens is 3. The molecule has 0 spiro atoms. The molecule has 4 rings (SSSR count). The van der Waals surface area contributed by atoms with E-state index in [1.807, 2.05) is 24.3 Å². The van der Waals surface area contributed by atoms with Crippen LogP contribution in [0.1, 0.15) is 27.8 Å². The lowest BCUT2D eigenvalue weighted by Crippen LogP contribution is -2.24. The van der Waals surface area contributed by atoms with Crippen molar-refractivity contribution in [3.05, 3.63) is 71.1 Å². The summed E-state index contributed by atoms with van der Waals surface area (Å²) in [7, 11) is 1.60. The van der Waals surface area contributed by atoms with Gasteiger partial charge >= 0.3 is 0 Å². The van der Waals surface area contributed by atoms with Crippen molar-refractivity contribution in [2.24, 2.45) is 0 Å². The van der Waals surface area contributed by atoms with E-state index in [0.29, 0.717) is 12.2 Å². The minimum atomic E-state index is -1.05. The Kier molecular flexibility index (Phi) is 4.74. The van der Waals surface area contributed by atoms with Gasteiger partial charge in [-0.2, -0.15) is 0 Å². The fraction of sp³-hybridized carbons (Fsp3) is 0.211. The quantitative estimate of drug-likeness (QED) is 0.746. The topological polar surface area (TPSA) is 78.3 Å². The largest absolute Gasteiger partial charge is 0.497 e. The van der Waals surface area contributed by atoms with Gasteiger partial charge in [0.05, 0.1) is 26.0 Å². The summed E-state index contributed by atoms with van der Waals surface area (Å²) in [6.07, 6.45) is -0.234. The Morgan fingerprint density at radius 1 is 1.21 bits per heavy atom. The van der Waals surface area contributed by atoms with Crippen LogP contribution in [0.2, 0.25) is 0 Å². The number of carbonyl (C=O) groups excluding carboxylic acids is 1. The molecule has 1 aliphatic rings. The molecule has 1 aliphatic heterocycles. The van der Waals surface area contributed by atoms with Gasteiger partial charge in [0.25, 0.3) is 5.91 Å². The molecule has 0 radical (unpaired) electrons. The maximum absolute atomic E-state index is 13.3. The van der Waals surface area contributed by atoms with E-state index < -0.39 is 17.5 Å². The summed E-state index contributed by atoms with van der Waals surface area (Å²) in [6.45, 7) is 0.539. The molecule has 0 saturated heterocycles. The van der Waals surface area contributed by atoms with Crippen molar-refractivity contribution < 1.29 is 23.0 Å². The van der Waals surface area contributed by atoms with Gasteiger partial charge in [-0.1, -0.05) is 17.3 Å². The lowest BCUT2D eigenvalue weighted by atomic mass is 10.1. The fourth-order valence-corrected chi connectivity index (χ4v) is 2.97. The van der Waals surface area contributed by atoms with E-state index in [2.05, 4.69) is 15.6 Å². The number of ether oxygens (including phenoxy) is 2. The second kappa shape index (κ2) is 7.35. The van der Waals surface area contributed by atoms with Gasteiger partial charge < -0.3 is 14.8 Å². The highest BCUT2D eigenvalue weighted by atomic mass is 19.2. The number of nitrogens with zero attached hydrogens (tertiary/aromatic N) is 3. The smallest absolute Gasteiger partial charge is 0.278 e. The van der Waals surface area contributed by atoms with Crippen molar-refractivity contribution in [3.63, 3.8) is 0 Å². The number of methoxy groups -OCH3 is 1. The van der Waals surface area contributed by atoms with Crippen LogP contribution in [0.5, 0.6) is 5.75 Å². The van der Waals surface area contributed by atoms with Crippen LogP contribution in [0.25, 0.3) is 0 Å². The zero-order valence-electron chi connectivity index (χ0n) is 14.9. The summed E-state index contributed by atoms with van der Waals surface area (Å²) in [5, 5.41) is 10.4. The molecule has 2 aromatic carbocycles. The van der Waals surface area contributed by atoms with Gasteiger partial charge in [-0.3, -0.25) is 4.79 Å². The summed E-state index contributed by atoms with van der Waals surface area (Å²) in [5.41, 5.74) is 1.68. The summed E-state index contributed by atoms with van der Waals surface area (Å²) in [4.78, 5) is 12.5. The zero-order chi connectivity index (χ0) is 19.7. The molecule has 0 unspecified atom stereocenters. The molecule has 1 amide bonds. The Labute approximate surface area is 158 Å². The molecule has 0 bridgehead atoms. The SMILES string of the molecule is COc1ccc([C@@H]2Cn3nnc(C(=O)Nc4ccc(F)c(F)c4)c3CO2)cc1. The van der Waals surface area contributed by atoms with Crippen molar-refractivity contribution in [2.75, 3.05) is 12.4 Å². The summed E-state index contributed by atoms with van der Waals surface area (Å²) < 4.78 is 39.0. The summed E-state index contributed by atoms with van der Waals surface area (Å²) in [5.74, 6) is -1.86. The molecule has 0 saturated carbocycles. The lowest BCUT2D eigenvalue weighted by Gasteiger charge is -2.24. The third kappa shape index (κ3) is 3.44. The average Bonchev–Trinajstić information content (AvgIpc) is 3.14. The molecule has 3 aromatic rings.